The van der Waals surface area contributed by atoms with E-state index in [4.69, 9.17) is 0 Å². The number of amides is 1. The van der Waals surface area contributed by atoms with Gasteiger partial charge in [-0.05, 0) is 6.92 Å². The summed E-state index contributed by atoms with van der Waals surface area (Å²) >= 11 is 3.16. The van der Waals surface area contributed by atoms with Crippen LogP contribution in [0.25, 0.3) is 0 Å². The number of nitrogens with zero attached hydrogens (tertiary/aromatic N) is 2. The van der Waals surface area contributed by atoms with Crippen LogP contribution in [0.1, 0.15) is 12.7 Å². The largest absolute Gasteiger partial charge is 0.355 e. The molecule has 0 bridgehead atoms. The fraction of sp³-hybridized carbons (Fsp3) is 0.571. The lowest BCUT2D eigenvalue weighted by Gasteiger charge is -2.03. The third-order valence-corrected chi connectivity index (χ3v) is 1.83. The molecule has 13 heavy (non-hydrogen) atoms. The number of hydrogen-bond donors (Lipinski definition) is 1. The van der Waals surface area contributed by atoms with E-state index in [0.29, 0.717) is 18.8 Å². The number of rotatable bonds is 4. The molecule has 5 nitrogen and oxygen atoms in total. The first-order chi connectivity index (χ1) is 6.20. The van der Waals surface area contributed by atoms with Crippen LogP contribution < -0.4 is 5.32 Å². The molecule has 1 atom stereocenters. The predicted octanol–water partition coefficient (Wildman–Crippen LogP) is 0.512. The van der Waals surface area contributed by atoms with Crippen molar-refractivity contribution in [1.82, 2.24) is 15.5 Å². The van der Waals surface area contributed by atoms with Gasteiger partial charge in [-0.3, -0.25) is 4.79 Å². The standard InChI is InChI=1S/C7H10BrN3O2/c1-5(8)7(12)9-3-2-6-10-4-13-11-6/h4-5H,2-3H2,1H3,(H,9,12). The highest BCUT2D eigenvalue weighted by atomic mass is 79.9. The highest BCUT2D eigenvalue weighted by Gasteiger charge is 2.07. The molecular weight excluding hydrogens is 238 g/mol. The first kappa shape index (κ1) is 10.2. The molecule has 1 heterocycles. The fourth-order valence-electron chi connectivity index (χ4n) is 0.741. The van der Waals surface area contributed by atoms with E-state index in [1.54, 1.807) is 6.92 Å². The fourth-order valence-corrected chi connectivity index (χ4v) is 0.903. The van der Waals surface area contributed by atoms with Gasteiger partial charge < -0.3 is 9.84 Å². The van der Waals surface area contributed by atoms with E-state index < -0.39 is 0 Å². The predicted molar refractivity (Wildman–Crippen MR) is 49.4 cm³/mol. The van der Waals surface area contributed by atoms with Gasteiger partial charge in [0.2, 0.25) is 12.3 Å². The van der Waals surface area contributed by atoms with Crippen LogP contribution in [0.2, 0.25) is 0 Å². The molecule has 1 N–H and O–H groups in total. The van der Waals surface area contributed by atoms with E-state index in [2.05, 4.69) is 35.9 Å². The molecule has 0 aliphatic heterocycles. The van der Waals surface area contributed by atoms with Crippen LogP contribution in [0.5, 0.6) is 0 Å². The second-order valence-electron chi connectivity index (χ2n) is 2.50. The number of nitrogens with one attached hydrogen (secondary N) is 1. The lowest BCUT2D eigenvalue weighted by Crippen LogP contribution is -2.31. The molecule has 0 spiro atoms. The summed E-state index contributed by atoms with van der Waals surface area (Å²) in [7, 11) is 0. The Morgan fingerprint density at radius 3 is 3.15 bits per heavy atom. The Morgan fingerprint density at radius 1 is 1.85 bits per heavy atom. The van der Waals surface area contributed by atoms with Gasteiger partial charge in [-0.1, -0.05) is 21.1 Å². The molecule has 1 amide bonds. The maximum Gasteiger partial charge on any atom is 0.233 e. The van der Waals surface area contributed by atoms with Crippen LogP contribution in [0.15, 0.2) is 10.9 Å². The zero-order valence-electron chi connectivity index (χ0n) is 7.16. The van der Waals surface area contributed by atoms with Gasteiger partial charge in [-0.25, -0.2) is 0 Å². The van der Waals surface area contributed by atoms with Crippen molar-refractivity contribution in [3.05, 3.63) is 12.2 Å². The Bertz CT molecular complexity index is 261. The summed E-state index contributed by atoms with van der Waals surface area (Å²) in [5, 5.41) is 6.32. The van der Waals surface area contributed by atoms with Gasteiger partial charge in [0.1, 0.15) is 0 Å². The highest BCUT2D eigenvalue weighted by Crippen LogP contribution is 1.96. The molecule has 1 aromatic heterocycles. The Kier molecular flexibility index (Phi) is 3.88. The molecule has 1 unspecified atom stereocenters. The van der Waals surface area contributed by atoms with Crippen LogP contribution in [-0.4, -0.2) is 27.4 Å². The number of alkyl halides is 1. The number of halogens is 1. The average molecular weight is 248 g/mol. The van der Waals surface area contributed by atoms with Gasteiger partial charge in [-0.2, -0.15) is 4.98 Å². The summed E-state index contributed by atoms with van der Waals surface area (Å²) in [6.45, 7) is 2.29. The van der Waals surface area contributed by atoms with Crippen molar-refractivity contribution in [1.29, 1.82) is 0 Å². The smallest absolute Gasteiger partial charge is 0.233 e. The normalized spacial score (nSPS) is 12.5. The molecular formula is C7H10BrN3O2. The topological polar surface area (TPSA) is 68.0 Å². The van der Waals surface area contributed by atoms with Crippen molar-refractivity contribution in [3.63, 3.8) is 0 Å². The molecule has 0 saturated heterocycles. The first-order valence-electron chi connectivity index (χ1n) is 3.87. The second kappa shape index (κ2) is 4.96. The van der Waals surface area contributed by atoms with Crippen molar-refractivity contribution < 1.29 is 9.32 Å². The van der Waals surface area contributed by atoms with Gasteiger partial charge in [0, 0.05) is 13.0 Å². The van der Waals surface area contributed by atoms with Crippen molar-refractivity contribution in [3.8, 4) is 0 Å². The highest BCUT2D eigenvalue weighted by molar-refractivity contribution is 9.10. The minimum atomic E-state index is -0.169. The van der Waals surface area contributed by atoms with Crippen LogP contribution in [0.3, 0.4) is 0 Å². The zero-order chi connectivity index (χ0) is 9.68. The molecule has 0 radical (unpaired) electrons. The number of carbonyl (C=O) groups is 1. The van der Waals surface area contributed by atoms with E-state index in [-0.39, 0.29) is 10.7 Å². The van der Waals surface area contributed by atoms with Crippen molar-refractivity contribution in [2.75, 3.05) is 6.54 Å². The van der Waals surface area contributed by atoms with Crippen molar-refractivity contribution >= 4 is 21.8 Å². The summed E-state index contributed by atoms with van der Waals surface area (Å²) in [6.07, 6.45) is 1.85. The van der Waals surface area contributed by atoms with E-state index in [1.165, 1.54) is 6.39 Å². The molecule has 0 aromatic carbocycles. The average Bonchev–Trinajstić information content (AvgIpc) is 2.56. The minimum absolute atomic E-state index is 0.0384. The molecule has 0 saturated carbocycles. The lowest BCUT2D eigenvalue weighted by molar-refractivity contribution is -0.120. The number of aromatic nitrogens is 2. The third-order valence-electron chi connectivity index (χ3n) is 1.42. The van der Waals surface area contributed by atoms with Crippen LogP contribution >= 0.6 is 15.9 Å². The minimum Gasteiger partial charge on any atom is -0.355 e. The van der Waals surface area contributed by atoms with Crippen molar-refractivity contribution in [2.45, 2.75) is 18.2 Å². The molecule has 1 rings (SSSR count). The van der Waals surface area contributed by atoms with E-state index >= 15 is 0 Å². The molecule has 0 aliphatic rings. The number of carbonyl (C=O) groups excluding carboxylic acids is 1. The molecule has 1 aromatic rings. The Morgan fingerprint density at radius 2 is 2.62 bits per heavy atom. The summed E-state index contributed by atoms with van der Waals surface area (Å²) in [4.78, 5) is 14.7. The maximum atomic E-state index is 11.0. The summed E-state index contributed by atoms with van der Waals surface area (Å²) in [6, 6.07) is 0. The van der Waals surface area contributed by atoms with Crippen molar-refractivity contribution in [2.24, 2.45) is 0 Å². The lowest BCUT2D eigenvalue weighted by atomic mass is 10.4. The molecule has 72 valence electrons. The van der Waals surface area contributed by atoms with E-state index in [9.17, 15) is 4.79 Å². The second-order valence-corrected chi connectivity index (χ2v) is 3.88. The van der Waals surface area contributed by atoms with Crippen LogP contribution in [0, 0.1) is 0 Å². The molecule has 0 fully saturated rings. The zero-order valence-corrected chi connectivity index (χ0v) is 8.74. The van der Waals surface area contributed by atoms with Gasteiger partial charge in [0.15, 0.2) is 5.82 Å². The van der Waals surface area contributed by atoms with Gasteiger partial charge >= 0.3 is 0 Å². The maximum absolute atomic E-state index is 11.0. The monoisotopic (exact) mass is 247 g/mol. The summed E-state index contributed by atoms with van der Waals surface area (Å²) in [5.41, 5.74) is 0. The van der Waals surface area contributed by atoms with Gasteiger partial charge in [0.25, 0.3) is 0 Å². The summed E-state index contributed by atoms with van der Waals surface area (Å²) < 4.78 is 4.54. The Hall–Kier alpha value is -0.910. The van der Waals surface area contributed by atoms with Gasteiger partial charge in [0.05, 0.1) is 4.83 Å². The van der Waals surface area contributed by atoms with E-state index in [1.807, 2.05) is 0 Å². The quantitative estimate of drug-likeness (QED) is 0.788. The molecule has 0 aliphatic carbocycles. The Balaban J connectivity index is 2.18. The first-order valence-corrected chi connectivity index (χ1v) is 4.78. The van der Waals surface area contributed by atoms with Gasteiger partial charge in [-0.15, -0.1) is 0 Å². The third kappa shape index (κ3) is 3.54. The molecule has 6 heteroatoms. The van der Waals surface area contributed by atoms with E-state index in [0.717, 1.165) is 0 Å². The number of hydrogen-bond acceptors (Lipinski definition) is 4. The Labute approximate surface area is 84.0 Å². The summed E-state index contributed by atoms with van der Waals surface area (Å²) in [5.74, 6) is 0.561. The van der Waals surface area contributed by atoms with Crippen LogP contribution in [-0.2, 0) is 11.2 Å². The van der Waals surface area contributed by atoms with Crippen LogP contribution in [0.4, 0.5) is 0 Å². The SMILES string of the molecule is CC(Br)C(=O)NCCc1ncon1.